The molecule has 3 rings (SSSR count). The summed E-state index contributed by atoms with van der Waals surface area (Å²) in [7, 11) is 0. The molecule has 2 atom stereocenters. The van der Waals surface area contributed by atoms with Gasteiger partial charge in [0, 0.05) is 18.4 Å². The van der Waals surface area contributed by atoms with E-state index >= 15 is 0 Å². The summed E-state index contributed by atoms with van der Waals surface area (Å²) in [6.45, 7) is 14.0. The average Bonchev–Trinajstić information content (AvgIpc) is 2.89. The minimum atomic E-state index is -0.492. The Kier molecular flexibility index (Phi) is 6.02. The molecule has 0 radical (unpaired) electrons. The van der Waals surface area contributed by atoms with Gasteiger partial charge in [-0.25, -0.2) is 0 Å². The number of benzene rings is 1. The smallest absolute Gasteiger partial charge is 0.172 e. The zero-order valence-electron chi connectivity index (χ0n) is 18.0. The molecule has 0 N–H and O–H groups in total. The van der Waals surface area contributed by atoms with Crippen molar-refractivity contribution >= 4 is 0 Å². The van der Waals surface area contributed by atoms with E-state index in [-0.39, 0.29) is 23.3 Å². The number of ether oxygens (including phenoxy) is 2. The fraction of sp³-hybridized carbons (Fsp3) is 0.739. The van der Waals surface area contributed by atoms with Crippen molar-refractivity contribution in [3.8, 4) is 0 Å². The molecule has 0 amide bonds. The molecule has 2 fully saturated rings. The van der Waals surface area contributed by atoms with Crippen molar-refractivity contribution in [3.05, 3.63) is 35.9 Å². The van der Waals surface area contributed by atoms with E-state index in [1.54, 1.807) is 0 Å². The second kappa shape index (κ2) is 7.82. The molecule has 152 valence electrons. The van der Waals surface area contributed by atoms with Gasteiger partial charge in [0.2, 0.25) is 0 Å². The van der Waals surface area contributed by atoms with Gasteiger partial charge in [0.25, 0.3) is 0 Å². The van der Waals surface area contributed by atoms with Crippen molar-refractivity contribution in [2.24, 2.45) is 0 Å². The van der Waals surface area contributed by atoms with Crippen LogP contribution in [0, 0.1) is 0 Å². The highest BCUT2D eigenvalue weighted by atomic mass is 16.8. The summed E-state index contributed by atoms with van der Waals surface area (Å²) in [5, 5.41) is 2.29. The first kappa shape index (κ1) is 20.8. The van der Waals surface area contributed by atoms with Gasteiger partial charge in [0.15, 0.2) is 5.79 Å². The molecule has 1 spiro atoms. The van der Waals surface area contributed by atoms with E-state index in [0.29, 0.717) is 6.61 Å². The lowest BCUT2D eigenvalue weighted by molar-refractivity contribution is -0.347. The Hall–Kier alpha value is -0.940. The number of rotatable bonds is 6. The second-order valence-electron chi connectivity index (χ2n) is 9.02. The molecule has 0 aromatic heterocycles. The minimum absolute atomic E-state index is 0.0811. The Morgan fingerprint density at radius 2 is 1.59 bits per heavy atom. The molecule has 1 aromatic carbocycles. The SMILES string of the molecule is CCC1(CC)CC2(CC(C)(C)N1OCCc1ccccc1)OC(C)C(C)O2. The van der Waals surface area contributed by atoms with Crippen LogP contribution in [0.15, 0.2) is 30.3 Å². The molecule has 27 heavy (non-hydrogen) atoms. The fourth-order valence-electron chi connectivity index (χ4n) is 5.07. The molecule has 4 heteroatoms. The molecule has 1 aromatic rings. The highest BCUT2D eigenvalue weighted by molar-refractivity contribution is 5.14. The van der Waals surface area contributed by atoms with Crippen molar-refractivity contribution in [1.29, 1.82) is 0 Å². The van der Waals surface area contributed by atoms with E-state index in [2.05, 4.69) is 76.9 Å². The quantitative estimate of drug-likeness (QED) is 0.691. The van der Waals surface area contributed by atoms with E-state index in [1.807, 2.05) is 0 Å². The Balaban J connectivity index is 1.78. The van der Waals surface area contributed by atoms with Crippen LogP contribution >= 0.6 is 0 Å². The van der Waals surface area contributed by atoms with Gasteiger partial charge in [-0.2, -0.15) is 5.06 Å². The molecule has 4 nitrogen and oxygen atoms in total. The van der Waals surface area contributed by atoms with E-state index in [0.717, 1.165) is 32.1 Å². The van der Waals surface area contributed by atoms with Crippen LogP contribution in [0.5, 0.6) is 0 Å². The standard InChI is InChI=1S/C23H37NO3/c1-7-22(8-2)17-23(26-18(3)19(4)27-23)16-21(5,6)24(22)25-15-14-20-12-10-9-11-13-20/h9-13,18-19H,7-8,14-17H2,1-6H3. The molecule has 2 aliphatic rings. The van der Waals surface area contributed by atoms with Gasteiger partial charge in [-0.1, -0.05) is 44.2 Å². The number of hydrogen-bond donors (Lipinski definition) is 0. The molecule has 2 heterocycles. The van der Waals surface area contributed by atoms with Crippen molar-refractivity contribution in [2.45, 2.75) is 103 Å². The van der Waals surface area contributed by atoms with Gasteiger partial charge in [0.1, 0.15) is 0 Å². The summed E-state index contributed by atoms with van der Waals surface area (Å²) in [6.07, 6.45) is 4.89. The third-order valence-electron chi connectivity index (χ3n) is 6.51. The maximum atomic E-state index is 6.48. The first-order valence-corrected chi connectivity index (χ1v) is 10.6. The third kappa shape index (κ3) is 4.09. The average molecular weight is 376 g/mol. The number of piperidine rings is 1. The van der Waals surface area contributed by atoms with Crippen LogP contribution in [0.2, 0.25) is 0 Å². The highest BCUT2D eigenvalue weighted by Gasteiger charge is 2.60. The van der Waals surface area contributed by atoms with Crippen molar-refractivity contribution < 1.29 is 14.3 Å². The number of hydroxylamine groups is 2. The highest BCUT2D eigenvalue weighted by Crippen LogP contribution is 2.52. The summed E-state index contributed by atoms with van der Waals surface area (Å²) in [5.74, 6) is -0.492. The number of nitrogens with zero attached hydrogens (tertiary/aromatic N) is 1. The summed E-state index contributed by atoms with van der Waals surface area (Å²) >= 11 is 0. The third-order valence-corrected chi connectivity index (χ3v) is 6.51. The van der Waals surface area contributed by atoms with Crippen LogP contribution in [-0.4, -0.2) is 40.7 Å². The van der Waals surface area contributed by atoms with Gasteiger partial charge >= 0.3 is 0 Å². The van der Waals surface area contributed by atoms with Crippen LogP contribution in [0.25, 0.3) is 0 Å². The summed E-state index contributed by atoms with van der Waals surface area (Å²) in [5.41, 5.74) is 1.07. The topological polar surface area (TPSA) is 30.9 Å². The molecule has 0 bridgehead atoms. The van der Waals surface area contributed by atoms with Crippen LogP contribution in [0.4, 0.5) is 0 Å². The Labute approximate surface area is 165 Å². The molecule has 2 unspecified atom stereocenters. The fourth-order valence-corrected chi connectivity index (χ4v) is 5.07. The summed E-state index contributed by atoms with van der Waals surface area (Å²) in [4.78, 5) is 6.48. The first-order valence-electron chi connectivity index (χ1n) is 10.6. The zero-order valence-corrected chi connectivity index (χ0v) is 18.0. The molecule has 2 aliphatic heterocycles. The van der Waals surface area contributed by atoms with E-state index < -0.39 is 5.79 Å². The second-order valence-corrected chi connectivity index (χ2v) is 9.02. The van der Waals surface area contributed by atoms with E-state index in [9.17, 15) is 0 Å². The lowest BCUT2D eigenvalue weighted by Gasteiger charge is -2.58. The first-order chi connectivity index (χ1) is 12.8. The largest absolute Gasteiger partial charge is 0.344 e. The van der Waals surface area contributed by atoms with Crippen LogP contribution in [0.1, 0.15) is 72.8 Å². The lowest BCUT2D eigenvalue weighted by atomic mass is 9.73. The number of hydrogen-bond acceptors (Lipinski definition) is 4. The lowest BCUT2D eigenvalue weighted by Crippen LogP contribution is -2.67. The van der Waals surface area contributed by atoms with Crippen molar-refractivity contribution in [1.82, 2.24) is 5.06 Å². The normalized spacial score (nSPS) is 32.8. The maximum absolute atomic E-state index is 6.48. The Morgan fingerprint density at radius 3 is 2.15 bits per heavy atom. The van der Waals surface area contributed by atoms with Crippen LogP contribution in [0.3, 0.4) is 0 Å². The minimum Gasteiger partial charge on any atom is -0.344 e. The molecule has 0 aliphatic carbocycles. The summed E-state index contributed by atoms with van der Waals surface area (Å²) in [6, 6.07) is 10.6. The monoisotopic (exact) mass is 375 g/mol. The Morgan fingerprint density at radius 1 is 1.00 bits per heavy atom. The zero-order chi connectivity index (χ0) is 19.7. The van der Waals surface area contributed by atoms with Crippen molar-refractivity contribution in [3.63, 3.8) is 0 Å². The van der Waals surface area contributed by atoms with Gasteiger partial charge in [-0.15, -0.1) is 0 Å². The Bertz CT molecular complexity index is 601. The van der Waals surface area contributed by atoms with Gasteiger partial charge < -0.3 is 9.47 Å². The summed E-state index contributed by atoms with van der Waals surface area (Å²) < 4.78 is 12.8. The molecular weight excluding hydrogens is 338 g/mol. The van der Waals surface area contributed by atoms with Crippen LogP contribution < -0.4 is 0 Å². The molecule has 0 saturated carbocycles. The maximum Gasteiger partial charge on any atom is 0.172 e. The van der Waals surface area contributed by atoms with Gasteiger partial charge in [0.05, 0.1) is 24.4 Å². The van der Waals surface area contributed by atoms with E-state index in [4.69, 9.17) is 14.3 Å². The van der Waals surface area contributed by atoms with Gasteiger partial charge in [-0.05, 0) is 52.5 Å². The predicted molar refractivity (Wildman–Crippen MR) is 108 cm³/mol. The predicted octanol–water partition coefficient (Wildman–Crippen LogP) is 5.11. The molecule has 2 saturated heterocycles. The van der Waals surface area contributed by atoms with E-state index in [1.165, 1.54) is 5.56 Å². The van der Waals surface area contributed by atoms with Gasteiger partial charge in [-0.3, -0.25) is 4.84 Å². The van der Waals surface area contributed by atoms with Crippen LogP contribution in [-0.2, 0) is 20.7 Å². The van der Waals surface area contributed by atoms with Crippen molar-refractivity contribution in [2.75, 3.05) is 6.61 Å². The molecular formula is C23H37NO3.